The maximum absolute atomic E-state index is 12.4. The minimum atomic E-state index is -1.41. The molecule has 132 valence electrons. The summed E-state index contributed by atoms with van der Waals surface area (Å²) in [6, 6.07) is 0.601. The number of β-lactam (4-membered cyclic amide) rings is 1. The molecular weight excluding hydrogens is 368 g/mol. The SMILES string of the molecule is CC1=CN2C(=O)C(NC(=O)C(C(=O)O)c3ccsc3)[C@H]2SC1C(=O)O. The third-order valence-corrected chi connectivity index (χ3v) is 6.34. The second-order valence-corrected chi connectivity index (χ2v) is 7.68. The number of carbonyl (C=O) groups excluding carboxylic acids is 2. The van der Waals surface area contributed by atoms with Crippen LogP contribution in [0, 0.1) is 0 Å². The van der Waals surface area contributed by atoms with Gasteiger partial charge in [-0.25, -0.2) is 0 Å². The number of amides is 2. The fourth-order valence-electron chi connectivity index (χ4n) is 2.77. The van der Waals surface area contributed by atoms with Crippen LogP contribution in [-0.2, 0) is 19.2 Å². The van der Waals surface area contributed by atoms with Gasteiger partial charge in [-0.2, -0.15) is 11.3 Å². The Balaban J connectivity index is 1.75. The Hall–Kier alpha value is -2.33. The van der Waals surface area contributed by atoms with E-state index in [1.165, 1.54) is 22.4 Å². The van der Waals surface area contributed by atoms with E-state index in [1.54, 1.807) is 23.8 Å². The molecule has 1 saturated heterocycles. The summed E-state index contributed by atoms with van der Waals surface area (Å²) in [5.41, 5.74) is 0.877. The van der Waals surface area contributed by atoms with Crippen molar-refractivity contribution in [2.45, 2.75) is 29.5 Å². The molecule has 0 aromatic carbocycles. The van der Waals surface area contributed by atoms with Crippen LogP contribution in [0.4, 0.5) is 0 Å². The molecule has 3 rings (SSSR count). The van der Waals surface area contributed by atoms with Crippen LogP contribution < -0.4 is 5.32 Å². The third kappa shape index (κ3) is 3.02. The number of rotatable bonds is 5. The molecule has 1 aromatic rings. The van der Waals surface area contributed by atoms with Gasteiger partial charge >= 0.3 is 11.9 Å². The number of carboxylic acid groups (broad SMARTS) is 2. The van der Waals surface area contributed by atoms with Crippen LogP contribution in [0.2, 0.25) is 0 Å². The largest absolute Gasteiger partial charge is 0.480 e. The molecular formula is C15H14N2O6S2. The number of nitrogens with zero attached hydrogens (tertiary/aromatic N) is 1. The summed E-state index contributed by atoms with van der Waals surface area (Å²) >= 11 is 2.31. The maximum Gasteiger partial charge on any atom is 0.320 e. The van der Waals surface area contributed by atoms with Crippen molar-refractivity contribution in [3.8, 4) is 0 Å². The van der Waals surface area contributed by atoms with Gasteiger partial charge in [-0.15, -0.1) is 11.8 Å². The summed E-state index contributed by atoms with van der Waals surface area (Å²) in [5, 5.41) is 22.9. The summed E-state index contributed by atoms with van der Waals surface area (Å²) < 4.78 is 0. The van der Waals surface area contributed by atoms with Crippen molar-refractivity contribution in [3.05, 3.63) is 34.2 Å². The molecule has 3 heterocycles. The second-order valence-electron chi connectivity index (χ2n) is 5.68. The van der Waals surface area contributed by atoms with Crippen molar-refractivity contribution < 1.29 is 29.4 Å². The highest BCUT2D eigenvalue weighted by molar-refractivity contribution is 8.01. The Labute approximate surface area is 150 Å². The first-order valence-corrected chi connectivity index (χ1v) is 9.14. The van der Waals surface area contributed by atoms with E-state index in [2.05, 4.69) is 5.32 Å². The van der Waals surface area contributed by atoms with Crippen LogP contribution in [0.25, 0.3) is 0 Å². The van der Waals surface area contributed by atoms with Gasteiger partial charge in [0.05, 0.1) is 0 Å². The zero-order chi connectivity index (χ0) is 18.3. The van der Waals surface area contributed by atoms with E-state index < -0.39 is 40.4 Å². The Morgan fingerprint density at radius 2 is 2.04 bits per heavy atom. The van der Waals surface area contributed by atoms with Gasteiger partial charge in [-0.3, -0.25) is 19.2 Å². The number of carbonyl (C=O) groups is 4. The highest BCUT2D eigenvalue weighted by Gasteiger charge is 2.52. The number of thiophene rings is 1. The van der Waals surface area contributed by atoms with Gasteiger partial charge in [0.25, 0.3) is 5.91 Å². The van der Waals surface area contributed by atoms with Gasteiger partial charge in [-0.05, 0) is 34.9 Å². The van der Waals surface area contributed by atoms with Crippen LogP contribution in [0.1, 0.15) is 18.4 Å². The lowest BCUT2D eigenvalue weighted by molar-refractivity contribution is -0.149. The quantitative estimate of drug-likeness (QED) is 0.505. The molecule has 2 amide bonds. The predicted molar refractivity (Wildman–Crippen MR) is 90.0 cm³/mol. The lowest BCUT2D eigenvalue weighted by atomic mass is 9.99. The van der Waals surface area contributed by atoms with Gasteiger partial charge in [-0.1, -0.05) is 0 Å². The molecule has 0 spiro atoms. The standard InChI is InChI=1S/C15H14N2O6S2/c1-6-4-17-12(19)9(13(17)25-10(6)15(22)23)16-11(18)8(14(20)21)7-2-3-24-5-7/h2-5,8-10,13H,1H3,(H,16,18)(H,20,21)(H,22,23)/t8?,9?,10?,13-/m1/s1. The van der Waals surface area contributed by atoms with Gasteiger partial charge in [0, 0.05) is 6.20 Å². The van der Waals surface area contributed by atoms with Crippen molar-refractivity contribution in [1.29, 1.82) is 0 Å². The van der Waals surface area contributed by atoms with Crippen molar-refractivity contribution in [2.24, 2.45) is 0 Å². The monoisotopic (exact) mass is 382 g/mol. The first-order chi connectivity index (χ1) is 11.8. The zero-order valence-electron chi connectivity index (χ0n) is 12.9. The van der Waals surface area contributed by atoms with Crippen LogP contribution in [0.3, 0.4) is 0 Å². The average Bonchev–Trinajstić information content (AvgIpc) is 3.05. The fourth-order valence-corrected chi connectivity index (χ4v) is 4.76. The number of fused-ring (bicyclic) bond motifs is 1. The number of thioether (sulfide) groups is 1. The normalized spacial score (nSPS) is 26.1. The maximum atomic E-state index is 12.4. The Kier molecular flexibility index (Phi) is 4.56. The third-order valence-electron chi connectivity index (χ3n) is 4.02. The molecule has 0 bridgehead atoms. The summed E-state index contributed by atoms with van der Waals surface area (Å²) in [5.74, 6) is -4.92. The van der Waals surface area contributed by atoms with E-state index in [4.69, 9.17) is 0 Å². The molecule has 4 atom stereocenters. The lowest BCUT2D eigenvalue weighted by Gasteiger charge is -2.48. The summed E-state index contributed by atoms with van der Waals surface area (Å²) in [4.78, 5) is 48.7. The Bertz CT molecular complexity index is 775. The molecule has 1 aromatic heterocycles. The summed E-state index contributed by atoms with van der Waals surface area (Å²) in [6.07, 6.45) is 1.47. The molecule has 10 heteroatoms. The molecule has 2 aliphatic heterocycles. The van der Waals surface area contributed by atoms with Gasteiger partial charge in [0.1, 0.15) is 16.7 Å². The highest BCUT2D eigenvalue weighted by atomic mass is 32.2. The number of aliphatic carboxylic acids is 2. The molecule has 8 nitrogen and oxygen atoms in total. The number of hydrogen-bond donors (Lipinski definition) is 3. The number of carboxylic acids is 2. The van der Waals surface area contributed by atoms with Crippen LogP contribution >= 0.6 is 23.1 Å². The molecule has 0 radical (unpaired) electrons. The van der Waals surface area contributed by atoms with Crippen molar-refractivity contribution >= 4 is 46.9 Å². The van der Waals surface area contributed by atoms with E-state index in [-0.39, 0.29) is 5.91 Å². The second kappa shape index (κ2) is 6.52. The molecule has 25 heavy (non-hydrogen) atoms. The van der Waals surface area contributed by atoms with Crippen LogP contribution in [-0.4, -0.2) is 55.5 Å². The Morgan fingerprint density at radius 1 is 1.32 bits per heavy atom. The first-order valence-electron chi connectivity index (χ1n) is 7.25. The molecule has 1 fully saturated rings. The van der Waals surface area contributed by atoms with Gasteiger partial charge in [0.2, 0.25) is 5.91 Å². The smallest absolute Gasteiger partial charge is 0.320 e. The van der Waals surface area contributed by atoms with E-state index in [9.17, 15) is 29.4 Å². The summed E-state index contributed by atoms with van der Waals surface area (Å²) in [7, 11) is 0. The van der Waals surface area contributed by atoms with Gasteiger partial charge < -0.3 is 20.4 Å². The number of hydrogen-bond acceptors (Lipinski definition) is 6. The lowest BCUT2D eigenvalue weighted by Crippen LogP contribution is -2.69. The van der Waals surface area contributed by atoms with Gasteiger partial charge in [0.15, 0.2) is 5.92 Å². The molecule has 2 aliphatic rings. The average molecular weight is 382 g/mol. The number of nitrogens with one attached hydrogen (secondary N) is 1. The van der Waals surface area contributed by atoms with Crippen molar-refractivity contribution in [3.63, 3.8) is 0 Å². The highest BCUT2D eigenvalue weighted by Crippen LogP contribution is 2.40. The Morgan fingerprint density at radius 3 is 2.60 bits per heavy atom. The van der Waals surface area contributed by atoms with E-state index >= 15 is 0 Å². The van der Waals surface area contributed by atoms with E-state index in [0.717, 1.165) is 11.8 Å². The van der Waals surface area contributed by atoms with Crippen molar-refractivity contribution in [1.82, 2.24) is 10.2 Å². The minimum Gasteiger partial charge on any atom is -0.480 e. The van der Waals surface area contributed by atoms with Crippen molar-refractivity contribution in [2.75, 3.05) is 0 Å². The summed E-state index contributed by atoms with van der Waals surface area (Å²) in [6.45, 7) is 1.62. The molecule has 3 unspecified atom stereocenters. The van der Waals surface area contributed by atoms with E-state index in [1.807, 2.05) is 0 Å². The zero-order valence-corrected chi connectivity index (χ0v) is 14.5. The predicted octanol–water partition coefficient (Wildman–Crippen LogP) is 0.673. The fraction of sp³-hybridized carbons (Fsp3) is 0.333. The molecule has 0 aliphatic carbocycles. The molecule has 0 saturated carbocycles. The first kappa shape index (κ1) is 17.5. The molecule has 3 N–H and O–H groups in total. The van der Waals surface area contributed by atoms with E-state index in [0.29, 0.717) is 11.1 Å². The topological polar surface area (TPSA) is 124 Å². The van der Waals surface area contributed by atoms with Crippen LogP contribution in [0.5, 0.6) is 0 Å². The van der Waals surface area contributed by atoms with Crippen LogP contribution in [0.15, 0.2) is 28.6 Å². The minimum absolute atomic E-state index is 0.342.